The van der Waals surface area contributed by atoms with Crippen LogP contribution in [-0.4, -0.2) is 11.0 Å². The molecule has 0 atom stereocenters. The van der Waals surface area contributed by atoms with Gasteiger partial charge in [0.15, 0.2) is 0 Å². The standard InChI is InChI=1S/C19H17NO3S/c1-13-4-2-3-5-17(13)23-11-14-6-8-15(9-7-14)19-20-16(12-24-19)10-18(21)22/h2-9,12H,10-11H2,1H3,(H,21,22)/p-1. The molecule has 1 heterocycles. The first-order valence-corrected chi connectivity index (χ1v) is 8.42. The van der Waals surface area contributed by atoms with E-state index in [1.54, 1.807) is 5.38 Å². The van der Waals surface area contributed by atoms with Crippen molar-refractivity contribution in [1.29, 1.82) is 0 Å². The molecule has 3 aromatic rings. The third kappa shape index (κ3) is 4.00. The van der Waals surface area contributed by atoms with Crippen molar-refractivity contribution in [3.8, 4) is 16.3 Å². The molecule has 0 spiro atoms. The number of aryl methyl sites for hydroxylation is 1. The number of rotatable bonds is 6. The number of carbonyl (C=O) groups is 1. The van der Waals surface area contributed by atoms with E-state index in [1.165, 1.54) is 11.3 Å². The largest absolute Gasteiger partial charge is 0.550 e. The fourth-order valence-electron chi connectivity index (χ4n) is 2.29. The monoisotopic (exact) mass is 338 g/mol. The molecule has 0 saturated heterocycles. The molecule has 0 N–H and O–H groups in total. The molecular weight excluding hydrogens is 322 g/mol. The Morgan fingerprint density at radius 3 is 2.62 bits per heavy atom. The Labute approximate surface area is 144 Å². The molecule has 0 amide bonds. The highest BCUT2D eigenvalue weighted by atomic mass is 32.1. The van der Waals surface area contributed by atoms with Gasteiger partial charge in [-0.2, -0.15) is 0 Å². The molecule has 0 aliphatic heterocycles. The second-order valence-corrected chi connectivity index (χ2v) is 6.30. The third-order valence-electron chi connectivity index (χ3n) is 3.57. The second-order valence-electron chi connectivity index (χ2n) is 5.44. The molecule has 122 valence electrons. The summed E-state index contributed by atoms with van der Waals surface area (Å²) in [6, 6.07) is 15.8. The molecule has 5 heteroatoms. The van der Waals surface area contributed by atoms with E-state index >= 15 is 0 Å². The number of carboxylic acids is 1. The van der Waals surface area contributed by atoms with Crippen LogP contribution in [0.5, 0.6) is 5.75 Å². The maximum Gasteiger partial charge on any atom is 0.123 e. The SMILES string of the molecule is Cc1ccccc1OCc1ccc(-c2nc(CC(=O)[O-])cs2)cc1. The summed E-state index contributed by atoms with van der Waals surface area (Å²) in [7, 11) is 0. The Hall–Kier alpha value is -2.66. The number of aromatic nitrogens is 1. The van der Waals surface area contributed by atoms with Crippen LogP contribution < -0.4 is 9.84 Å². The molecule has 4 nitrogen and oxygen atoms in total. The van der Waals surface area contributed by atoms with Gasteiger partial charge in [0.2, 0.25) is 0 Å². The average Bonchev–Trinajstić information content (AvgIpc) is 3.02. The lowest BCUT2D eigenvalue weighted by molar-refractivity contribution is -0.304. The van der Waals surface area contributed by atoms with Crippen LogP contribution in [0.3, 0.4) is 0 Å². The van der Waals surface area contributed by atoms with Gasteiger partial charge in [0.05, 0.1) is 5.69 Å². The molecule has 0 saturated carbocycles. The lowest BCUT2D eigenvalue weighted by atomic mass is 10.1. The Bertz CT molecular complexity index is 840. The zero-order valence-electron chi connectivity index (χ0n) is 13.2. The third-order valence-corrected chi connectivity index (χ3v) is 4.51. The van der Waals surface area contributed by atoms with Crippen molar-refractivity contribution in [3.05, 3.63) is 70.7 Å². The molecule has 0 aliphatic carbocycles. The van der Waals surface area contributed by atoms with Gasteiger partial charge in [-0.25, -0.2) is 4.98 Å². The molecule has 24 heavy (non-hydrogen) atoms. The smallest absolute Gasteiger partial charge is 0.123 e. The number of benzene rings is 2. The number of hydrogen-bond acceptors (Lipinski definition) is 5. The fraction of sp³-hybridized carbons (Fsp3) is 0.158. The van der Waals surface area contributed by atoms with Crippen molar-refractivity contribution in [2.45, 2.75) is 20.0 Å². The Balaban J connectivity index is 1.66. The van der Waals surface area contributed by atoms with E-state index in [9.17, 15) is 9.90 Å². The summed E-state index contributed by atoms with van der Waals surface area (Å²) in [5.41, 5.74) is 3.66. The number of para-hydroxylation sites is 1. The molecule has 2 aromatic carbocycles. The van der Waals surface area contributed by atoms with E-state index in [0.717, 1.165) is 27.4 Å². The zero-order chi connectivity index (χ0) is 16.9. The number of thiazole rings is 1. The summed E-state index contributed by atoms with van der Waals surface area (Å²) in [6.07, 6.45) is -0.154. The van der Waals surface area contributed by atoms with Crippen LogP contribution in [0.1, 0.15) is 16.8 Å². The molecular formula is C19H16NO3S-. The van der Waals surface area contributed by atoms with Gasteiger partial charge < -0.3 is 14.6 Å². The van der Waals surface area contributed by atoms with E-state index < -0.39 is 5.97 Å². The fourth-order valence-corrected chi connectivity index (χ4v) is 3.12. The lowest BCUT2D eigenvalue weighted by Gasteiger charge is -2.09. The first-order chi connectivity index (χ1) is 11.6. The number of carbonyl (C=O) groups excluding carboxylic acids is 1. The number of nitrogens with zero attached hydrogens (tertiary/aromatic N) is 1. The maximum absolute atomic E-state index is 10.6. The van der Waals surface area contributed by atoms with Gasteiger partial charge in [-0.05, 0) is 24.1 Å². The Kier molecular flexibility index (Phi) is 4.91. The van der Waals surface area contributed by atoms with Crippen molar-refractivity contribution in [2.75, 3.05) is 0 Å². The summed E-state index contributed by atoms with van der Waals surface area (Å²) in [5.74, 6) is -0.232. The van der Waals surface area contributed by atoms with E-state index in [1.807, 2.05) is 55.5 Å². The van der Waals surface area contributed by atoms with Gasteiger partial charge >= 0.3 is 0 Å². The van der Waals surface area contributed by atoms with Gasteiger partial charge in [0, 0.05) is 23.3 Å². The Morgan fingerprint density at radius 2 is 1.92 bits per heavy atom. The molecule has 0 fully saturated rings. The van der Waals surface area contributed by atoms with Gasteiger partial charge in [-0.1, -0.05) is 42.5 Å². The van der Waals surface area contributed by atoms with Crippen LogP contribution in [-0.2, 0) is 17.8 Å². The normalized spacial score (nSPS) is 10.5. The average molecular weight is 338 g/mol. The number of carboxylic acid groups (broad SMARTS) is 1. The summed E-state index contributed by atoms with van der Waals surface area (Å²) < 4.78 is 5.83. The molecule has 0 bridgehead atoms. The van der Waals surface area contributed by atoms with Gasteiger partial charge in [-0.15, -0.1) is 11.3 Å². The van der Waals surface area contributed by atoms with E-state index in [2.05, 4.69) is 4.98 Å². The van der Waals surface area contributed by atoms with Crippen molar-refractivity contribution in [1.82, 2.24) is 4.98 Å². The van der Waals surface area contributed by atoms with Crippen molar-refractivity contribution < 1.29 is 14.6 Å². The quantitative estimate of drug-likeness (QED) is 0.693. The van der Waals surface area contributed by atoms with E-state index in [4.69, 9.17) is 4.74 Å². The van der Waals surface area contributed by atoms with Crippen LogP contribution in [0.25, 0.3) is 10.6 Å². The minimum atomic E-state index is -1.12. The minimum Gasteiger partial charge on any atom is -0.550 e. The number of hydrogen-bond donors (Lipinski definition) is 0. The van der Waals surface area contributed by atoms with Gasteiger partial charge in [0.25, 0.3) is 0 Å². The second kappa shape index (κ2) is 7.27. The first kappa shape index (κ1) is 16.2. The summed E-state index contributed by atoms with van der Waals surface area (Å²) in [5, 5.41) is 13.2. The summed E-state index contributed by atoms with van der Waals surface area (Å²) in [4.78, 5) is 14.9. The predicted octanol–water partition coefficient (Wildman–Crippen LogP) is 2.99. The van der Waals surface area contributed by atoms with Crippen LogP contribution >= 0.6 is 11.3 Å². The highest BCUT2D eigenvalue weighted by Crippen LogP contribution is 2.25. The molecule has 1 aromatic heterocycles. The zero-order valence-corrected chi connectivity index (χ0v) is 14.0. The topological polar surface area (TPSA) is 62.2 Å². The number of ether oxygens (including phenoxy) is 1. The maximum atomic E-state index is 10.6. The first-order valence-electron chi connectivity index (χ1n) is 7.54. The van der Waals surface area contributed by atoms with Crippen molar-refractivity contribution >= 4 is 17.3 Å². The highest BCUT2D eigenvalue weighted by Gasteiger charge is 2.06. The van der Waals surface area contributed by atoms with Crippen LogP contribution in [0.4, 0.5) is 0 Å². The van der Waals surface area contributed by atoms with Crippen molar-refractivity contribution in [2.24, 2.45) is 0 Å². The van der Waals surface area contributed by atoms with Crippen LogP contribution in [0, 0.1) is 6.92 Å². The molecule has 3 rings (SSSR count). The van der Waals surface area contributed by atoms with Crippen LogP contribution in [0.15, 0.2) is 53.9 Å². The van der Waals surface area contributed by atoms with Gasteiger partial charge in [-0.3, -0.25) is 0 Å². The highest BCUT2D eigenvalue weighted by molar-refractivity contribution is 7.13. The van der Waals surface area contributed by atoms with E-state index in [0.29, 0.717) is 12.3 Å². The van der Waals surface area contributed by atoms with Gasteiger partial charge in [0.1, 0.15) is 17.4 Å². The molecule has 0 unspecified atom stereocenters. The number of aliphatic carboxylic acids is 1. The summed E-state index contributed by atoms with van der Waals surface area (Å²) >= 11 is 1.43. The predicted molar refractivity (Wildman–Crippen MR) is 91.8 cm³/mol. The lowest BCUT2D eigenvalue weighted by Crippen LogP contribution is -2.24. The molecule has 0 radical (unpaired) electrons. The minimum absolute atomic E-state index is 0.154. The van der Waals surface area contributed by atoms with Crippen LogP contribution in [0.2, 0.25) is 0 Å². The van der Waals surface area contributed by atoms with Crippen molar-refractivity contribution in [3.63, 3.8) is 0 Å². The molecule has 0 aliphatic rings. The Morgan fingerprint density at radius 1 is 1.17 bits per heavy atom. The van der Waals surface area contributed by atoms with E-state index in [-0.39, 0.29) is 6.42 Å². The summed E-state index contributed by atoms with van der Waals surface area (Å²) in [6.45, 7) is 2.52.